The molecule has 4 atom stereocenters. The minimum absolute atomic E-state index is 0.560. The molecule has 0 aliphatic carbocycles. The molecule has 0 bridgehead atoms. The molecule has 0 aromatic carbocycles. The summed E-state index contributed by atoms with van der Waals surface area (Å²) in [5, 5.41) is 17.6. The number of carbonyl (C=O) groups excluding carboxylic acids is 1. The number of rotatable bonds is 2. The van der Waals surface area contributed by atoms with Crippen LogP contribution in [-0.4, -0.2) is 47.5 Å². The number of carbonyl (C=O) groups is 1. The van der Waals surface area contributed by atoms with Crippen molar-refractivity contribution in [1.82, 2.24) is 0 Å². The number of hydrogen-bond donors (Lipinski definition) is 2. The Labute approximate surface area is 74.1 Å². The summed E-state index contributed by atoms with van der Waals surface area (Å²) in [6.07, 6.45) is -5.66. The predicted molar refractivity (Wildman–Crippen MR) is 38.4 cm³/mol. The zero-order chi connectivity index (χ0) is 10.0. The average Bonchev–Trinajstić information content (AvgIpc) is 2.31. The van der Waals surface area contributed by atoms with Gasteiger partial charge in [-0.3, -0.25) is 4.79 Å². The van der Waals surface area contributed by atoms with E-state index in [1.54, 1.807) is 0 Å². The first-order valence-electron chi connectivity index (χ1n) is 3.82. The molecule has 0 amide bonds. The Morgan fingerprint density at radius 2 is 2.31 bits per heavy atom. The molecule has 1 fully saturated rings. The first-order valence-corrected chi connectivity index (χ1v) is 3.82. The summed E-state index contributed by atoms with van der Waals surface area (Å²) in [6, 6.07) is 0. The van der Waals surface area contributed by atoms with Crippen LogP contribution in [0.1, 0.15) is 6.92 Å². The van der Waals surface area contributed by atoms with Gasteiger partial charge in [-0.05, 0) is 0 Å². The lowest BCUT2D eigenvalue weighted by Gasteiger charge is -2.14. The second-order valence-electron chi connectivity index (χ2n) is 2.77. The Kier molecular flexibility index (Phi) is 3.18. The molecule has 76 valence electrons. The molecular weight excluding hydrogens is 183 g/mol. The number of aliphatic hydroxyl groups is 2. The van der Waals surface area contributed by atoms with E-state index in [9.17, 15) is 9.18 Å². The fraction of sp³-hybridized carbons (Fsp3) is 0.857. The molecule has 1 saturated heterocycles. The molecule has 5 nitrogen and oxygen atoms in total. The van der Waals surface area contributed by atoms with Gasteiger partial charge in [0.15, 0.2) is 18.6 Å². The molecule has 1 aliphatic heterocycles. The summed E-state index contributed by atoms with van der Waals surface area (Å²) < 4.78 is 22.2. The van der Waals surface area contributed by atoms with Crippen LogP contribution >= 0.6 is 0 Å². The summed E-state index contributed by atoms with van der Waals surface area (Å²) in [4.78, 5) is 10.5. The van der Waals surface area contributed by atoms with Gasteiger partial charge in [0.2, 0.25) is 0 Å². The normalized spacial score (nSPS) is 39.1. The first-order chi connectivity index (χ1) is 6.06. The van der Waals surface area contributed by atoms with Gasteiger partial charge in [-0.25, -0.2) is 4.39 Å². The number of aliphatic hydroxyl groups excluding tert-OH is 2. The SMILES string of the molecule is CC(=O)O[C@@H]1C(O)O[C@H](CO)C1F. The van der Waals surface area contributed by atoms with E-state index in [0.29, 0.717) is 0 Å². The van der Waals surface area contributed by atoms with Crippen LogP contribution in [0, 0.1) is 0 Å². The quantitative estimate of drug-likeness (QED) is 0.549. The van der Waals surface area contributed by atoms with E-state index in [4.69, 9.17) is 10.2 Å². The molecule has 1 heterocycles. The summed E-state index contributed by atoms with van der Waals surface area (Å²) in [6.45, 7) is 0.543. The molecule has 13 heavy (non-hydrogen) atoms. The third kappa shape index (κ3) is 2.15. The summed E-state index contributed by atoms with van der Waals surface area (Å²) in [7, 11) is 0. The topological polar surface area (TPSA) is 76.0 Å². The highest BCUT2D eigenvalue weighted by Crippen LogP contribution is 2.24. The van der Waals surface area contributed by atoms with E-state index in [1.807, 2.05) is 0 Å². The van der Waals surface area contributed by atoms with Crippen molar-refractivity contribution >= 4 is 5.97 Å². The van der Waals surface area contributed by atoms with Gasteiger partial charge < -0.3 is 19.7 Å². The Balaban J connectivity index is 2.58. The summed E-state index contributed by atoms with van der Waals surface area (Å²) in [5.41, 5.74) is 0. The van der Waals surface area contributed by atoms with Crippen LogP contribution in [0.15, 0.2) is 0 Å². The fourth-order valence-electron chi connectivity index (χ4n) is 1.16. The van der Waals surface area contributed by atoms with E-state index < -0.39 is 37.2 Å². The predicted octanol–water partition coefficient (Wildman–Crippen LogP) is -1.03. The van der Waals surface area contributed by atoms with E-state index >= 15 is 0 Å². The van der Waals surface area contributed by atoms with E-state index in [2.05, 4.69) is 9.47 Å². The Hall–Kier alpha value is -0.720. The van der Waals surface area contributed by atoms with Gasteiger partial charge >= 0.3 is 5.97 Å². The maximum atomic E-state index is 13.1. The zero-order valence-electron chi connectivity index (χ0n) is 7.01. The van der Waals surface area contributed by atoms with Crippen LogP contribution in [0.25, 0.3) is 0 Å². The third-order valence-electron chi connectivity index (χ3n) is 1.75. The monoisotopic (exact) mass is 194 g/mol. The highest BCUT2D eigenvalue weighted by atomic mass is 19.1. The van der Waals surface area contributed by atoms with E-state index in [-0.39, 0.29) is 0 Å². The molecular formula is C7H11FO5. The van der Waals surface area contributed by atoms with Gasteiger partial charge in [0.1, 0.15) is 6.10 Å². The Morgan fingerprint density at radius 3 is 2.69 bits per heavy atom. The lowest BCUT2D eigenvalue weighted by molar-refractivity contribution is -0.169. The minimum atomic E-state index is -1.69. The van der Waals surface area contributed by atoms with Crippen LogP contribution < -0.4 is 0 Å². The van der Waals surface area contributed by atoms with Crippen molar-refractivity contribution in [2.45, 2.75) is 31.6 Å². The van der Waals surface area contributed by atoms with Gasteiger partial charge in [0.25, 0.3) is 0 Å². The Morgan fingerprint density at radius 1 is 1.69 bits per heavy atom. The lowest BCUT2D eigenvalue weighted by atomic mass is 10.2. The second-order valence-corrected chi connectivity index (χ2v) is 2.77. The molecule has 0 aromatic heterocycles. The molecule has 0 aromatic rings. The summed E-state index contributed by atoms with van der Waals surface area (Å²) >= 11 is 0. The summed E-state index contributed by atoms with van der Waals surface area (Å²) in [5.74, 6) is -0.700. The van der Waals surface area contributed by atoms with Crippen LogP contribution in [-0.2, 0) is 14.3 Å². The molecule has 6 heteroatoms. The van der Waals surface area contributed by atoms with Crippen molar-refractivity contribution < 1.29 is 28.9 Å². The minimum Gasteiger partial charge on any atom is -0.454 e. The smallest absolute Gasteiger partial charge is 0.303 e. The number of alkyl halides is 1. The fourth-order valence-corrected chi connectivity index (χ4v) is 1.16. The van der Waals surface area contributed by atoms with E-state index in [0.717, 1.165) is 6.92 Å². The number of esters is 1. The van der Waals surface area contributed by atoms with Gasteiger partial charge in [0, 0.05) is 6.92 Å². The van der Waals surface area contributed by atoms with Crippen molar-refractivity contribution in [1.29, 1.82) is 0 Å². The molecule has 0 saturated carbocycles. The lowest BCUT2D eigenvalue weighted by Crippen LogP contribution is -2.34. The van der Waals surface area contributed by atoms with Crippen molar-refractivity contribution in [2.24, 2.45) is 0 Å². The van der Waals surface area contributed by atoms with E-state index in [1.165, 1.54) is 0 Å². The second kappa shape index (κ2) is 3.99. The molecule has 0 spiro atoms. The number of halogens is 1. The molecule has 1 aliphatic rings. The van der Waals surface area contributed by atoms with Gasteiger partial charge in [-0.2, -0.15) is 0 Å². The van der Waals surface area contributed by atoms with Crippen molar-refractivity contribution in [3.05, 3.63) is 0 Å². The van der Waals surface area contributed by atoms with Crippen molar-refractivity contribution in [3.8, 4) is 0 Å². The van der Waals surface area contributed by atoms with Crippen LogP contribution in [0.3, 0.4) is 0 Å². The highest BCUT2D eigenvalue weighted by Gasteiger charge is 2.46. The van der Waals surface area contributed by atoms with Gasteiger partial charge in [-0.1, -0.05) is 0 Å². The third-order valence-corrected chi connectivity index (χ3v) is 1.75. The molecule has 2 unspecified atom stereocenters. The first kappa shape index (κ1) is 10.4. The van der Waals surface area contributed by atoms with Gasteiger partial charge in [-0.15, -0.1) is 0 Å². The maximum absolute atomic E-state index is 13.1. The molecule has 1 rings (SSSR count). The van der Waals surface area contributed by atoms with Crippen LogP contribution in [0.4, 0.5) is 4.39 Å². The van der Waals surface area contributed by atoms with Gasteiger partial charge in [0.05, 0.1) is 6.61 Å². The molecule has 0 radical (unpaired) electrons. The zero-order valence-corrected chi connectivity index (χ0v) is 7.01. The standard InChI is InChI=1S/C7H11FO5/c1-3(10)12-6-5(8)4(2-9)13-7(6)11/h4-7,9,11H,2H2,1H3/t4-,5?,6+,7?/m1/s1. The Bertz CT molecular complexity index is 197. The maximum Gasteiger partial charge on any atom is 0.303 e. The van der Waals surface area contributed by atoms with Crippen molar-refractivity contribution in [3.63, 3.8) is 0 Å². The molecule has 2 N–H and O–H groups in total. The van der Waals surface area contributed by atoms with Crippen molar-refractivity contribution in [2.75, 3.05) is 6.61 Å². The highest BCUT2D eigenvalue weighted by molar-refractivity contribution is 5.66. The average molecular weight is 194 g/mol. The van der Waals surface area contributed by atoms with Crippen LogP contribution in [0.2, 0.25) is 0 Å². The van der Waals surface area contributed by atoms with Crippen LogP contribution in [0.5, 0.6) is 0 Å². The number of hydrogen-bond acceptors (Lipinski definition) is 5. The number of ether oxygens (including phenoxy) is 2. The largest absolute Gasteiger partial charge is 0.454 e.